The molecule has 0 aliphatic carbocycles. The number of ether oxygens (including phenoxy) is 1. The number of halogens is 1. The second-order valence-corrected chi connectivity index (χ2v) is 8.68. The molecule has 1 amide bonds. The summed E-state index contributed by atoms with van der Waals surface area (Å²) >= 11 is 7.89. The number of carbonyl (C=O) groups is 1. The summed E-state index contributed by atoms with van der Waals surface area (Å²) in [4.78, 5) is 21.6. The van der Waals surface area contributed by atoms with Crippen molar-refractivity contribution in [2.75, 3.05) is 51.3 Å². The number of hydrogen-bond donors (Lipinski definition) is 1. The summed E-state index contributed by atoms with van der Waals surface area (Å²) in [6.45, 7) is 5.24. The van der Waals surface area contributed by atoms with E-state index < -0.39 is 0 Å². The van der Waals surface area contributed by atoms with Gasteiger partial charge in [0, 0.05) is 39.3 Å². The summed E-state index contributed by atoms with van der Waals surface area (Å²) in [5.74, 6) is 0.712. The number of rotatable bonds is 7. The van der Waals surface area contributed by atoms with Gasteiger partial charge in [0.05, 0.1) is 23.3 Å². The number of anilines is 1. The van der Waals surface area contributed by atoms with Crippen LogP contribution in [0, 0.1) is 0 Å². The van der Waals surface area contributed by atoms with Crippen molar-refractivity contribution in [3.8, 4) is 5.75 Å². The molecule has 0 bridgehead atoms. The lowest BCUT2D eigenvalue weighted by Gasteiger charge is -2.34. The van der Waals surface area contributed by atoms with E-state index in [1.165, 1.54) is 0 Å². The van der Waals surface area contributed by atoms with Crippen molar-refractivity contribution < 1.29 is 9.53 Å². The lowest BCUT2D eigenvalue weighted by Crippen LogP contribution is -2.48. The van der Waals surface area contributed by atoms with Gasteiger partial charge in [0.2, 0.25) is 5.91 Å². The Morgan fingerprint density at radius 1 is 1.17 bits per heavy atom. The van der Waals surface area contributed by atoms with Crippen LogP contribution in [0.4, 0.5) is 5.13 Å². The summed E-state index contributed by atoms with van der Waals surface area (Å²) in [7, 11) is 1.62. The smallest absolute Gasteiger partial charge is 0.224 e. The third kappa shape index (κ3) is 4.86. The van der Waals surface area contributed by atoms with Gasteiger partial charge in [-0.1, -0.05) is 53.3 Å². The van der Waals surface area contributed by atoms with Gasteiger partial charge in [0.1, 0.15) is 5.52 Å². The second-order valence-electron chi connectivity index (χ2n) is 7.26. The molecule has 1 saturated heterocycles. The van der Waals surface area contributed by atoms with Crippen molar-refractivity contribution in [1.82, 2.24) is 15.2 Å². The molecule has 0 radical (unpaired) electrons. The molecule has 0 atom stereocenters. The Labute approximate surface area is 185 Å². The van der Waals surface area contributed by atoms with E-state index >= 15 is 0 Å². The number of aromatic nitrogens is 1. The Morgan fingerprint density at radius 2 is 1.93 bits per heavy atom. The van der Waals surface area contributed by atoms with Crippen LogP contribution in [-0.2, 0) is 11.2 Å². The molecule has 1 aliphatic rings. The fourth-order valence-electron chi connectivity index (χ4n) is 3.62. The van der Waals surface area contributed by atoms with Gasteiger partial charge in [0.25, 0.3) is 0 Å². The molecular formula is C22H25ClN4O2S. The normalized spacial score (nSPS) is 14.8. The molecule has 0 spiro atoms. The fraction of sp³-hybridized carbons (Fsp3) is 0.364. The van der Waals surface area contributed by atoms with Crippen LogP contribution in [0.5, 0.6) is 5.75 Å². The number of carbonyl (C=O) groups excluding carboxylic acids is 1. The number of amides is 1. The van der Waals surface area contributed by atoms with E-state index in [4.69, 9.17) is 21.3 Å². The molecule has 6 nitrogen and oxygen atoms in total. The van der Waals surface area contributed by atoms with Crippen LogP contribution in [0.3, 0.4) is 0 Å². The van der Waals surface area contributed by atoms with Crippen LogP contribution < -0.4 is 15.0 Å². The number of fused-ring (bicyclic) bond motifs is 1. The third-order valence-electron chi connectivity index (χ3n) is 5.26. The van der Waals surface area contributed by atoms with E-state index in [0.717, 1.165) is 53.6 Å². The summed E-state index contributed by atoms with van der Waals surface area (Å²) < 4.78 is 6.51. The van der Waals surface area contributed by atoms with Gasteiger partial charge in [-0.3, -0.25) is 9.69 Å². The minimum atomic E-state index is 0.0712. The highest BCUT2D eigenvalue weighted by molar-refractivity contribution is 7.22. The molecule has 8 heteroatoms. The lowest BCUT2D eigenvalue weighted by atomic mass is 10.1. The largest absolute Gasteiger partial charge is 0.493 e. The van der Waals surface area contributed by atoms with Gasteiger partial charge >= 0.3 is 0 Å². The standard InChI is InChI=1S/C22H25ClN4O2S/c1-29-21-17(23)7-8-18-20(21)25-22(30-18)27-13-11-26(12-14-27)10-9-24-19(28)15-16-5-3-2-4-6-16/h2-8H,9-15H2,1H3,(H,24,28). The van der Waals surface area contributed by atoms with E-state index in [1.807, 2.05) is 42.5 Å². The van der Waals surface area contributed by atoms with Crippen molar-refractivity contribution in [3.05, 3.63) is 53.1 Å². The average Bonchev–Trinajstić information content (AvgIpc) is 3.19. The molecule has 3 aromatic rings. The van der Waals surface area contributed by atoms with Gasteiger partial charge in [0.15, 0.2) is 10.9 Å². The molecule has 30 heavy (non-hydrogen) atoms. The highest BCUT2D eigenvalue weighted by Crippen LogP contribution is 2.38. The fourth-order valence-corrected chi connectivity index (χ4v) is 4.87. The first-order valence-corrected chi connectivity index (χ1v) is 11.2. The van der Waals surface area contributed by atoms with Gasteiger partial charge in [-0.25, -0.2) is 4.98 Å². The Bertz CT molecular complexity index is 1000. The summed E-state index contributed by atoms with van der Waals surface area (Å²) in [6.07, 6.45) is 0.430. The number of nitrogens with one attached hydrogen (secondary N) is 1. The molecule has 1 aromatic heterocycles. The number of methoxy groups -OCH3 is 1. The molecule has 1 aliphatic heterocycles. The van der Waals surface area contributed by atoms with Crippen LogP contribution in [0.15, 0.2) is 42.5 Å². The van der Waals surface area contributed by atoms with Crippen molar-refractivity contribution in [2.45, 2.75) is 6.42 Å². The minimum absolute atomic E-state index is 0.0712. The van der Waals surface area contributed by atoms with E-state index in [2.05, 4.69) is 15.1 Å². The van der Waals surface area contributed by atoms with Crippen LogP contribution in [0.25, 0.3) is 10.2 Å². The van der Waals surface area contributed by atoms with Crippen LogP contribution in [0.2, 0.25) is 5.02 Å². The van der Waals surface area contributed by atoms with E-state index in [-0.39, 0.29) is 5.91 Å². The van der Waals surface area contributed by atoms with Crippen molar-refractivity contribution in [2.24, 2.45) is 0 Å². The van der Waals surface area contributed by atoms with E-state index in [1.54, 1.807) is 18.4 Å². The van der Waals surface area contributed by atoms with Gasteiger partial charge in [-0.2, -0.15) is 0 Å². The SMILES string of the molecule is COc1c(Cl)ccc2sc(N3CCN(CCNC(=O)Cc4ccccc4)CC3)nc12. The average molecular weight is 445 g/mol. The summed E-state index contributed by atoms with van der Waals surface area (Å²) in [5.41, 5.74) is 1.87. The zero-order valence-corrected chi connectivity index (χ0v) is 18.5. The number of benzene rings is 2. The monoisotopic (exact) mass is 444 g/mol. The molecule has 0 unspecified atom stereocenters. The van der Waals surface area contributed by atoms with Gasteiger partial charge < -0.3 is 15.0 Å². The Hall–Kier alpha value is -2.35. The highest BCUT2D eigenvalue weighted by atomic mass is 35.5. The summed E-state index contributed by atoms with van der Waals surface area (Å²) in [5, 5.41) is 4.61. The number of thiazole rings is 1. The number of nitrogens with zero attached hydrogens (tertiary/aromatic N) is 3. The van der Waals surface area contributed by atoms with E-state index in [9.17, 15) is 4.79 Å². The van der Waals surface area contributed by atoms with Crippen LogP contribution >= 0.6 is 22.9 Å². The zero-order chi connectivity index (χ0) is 20.9. The molecule has 1 fully saturated rings. The van der Waals surface area contributed by atoms with Crippen molar-refractivity contribution >= 4 is 44.2 Å². The second kappa shape index (κ2) is 9.64. The first kappa shape index (κ1) is 20.9. The zero-order valence-electron chi connectivity index (χ0n) is 16.9. The molecule has 2 aromatic carbocycles. The topological polar surface area (TPSA) is 57.7 Å². The van der Waals surface area contributed by atoms with Gasteiger partial charge in [-0.15, -0.1) is 0 Å². The predicted octanol–water partition coefficient (Wildman–Crippen LogP) is 3.44. The number of hydrogen-bond acceptors (Lipinski definition) is 6. The predicted molar refractivity (Wildman–Crippen MR) is 123 cm³/mol. The maximum Gasteiger partial charge on any atom is 0.224 e. The maximum absolute atomic E-state index is 12.1. The molecule has 2 heterocycles. The molecule has 0 saturated carbocycles. The first-order valence-electron chi connectivity index (χ1n) is 10.0. The van der Waals surface area contributed by atoms with E-state index in [0.29, 0.717) is 23.7 Å². The van der Waals surface area contributed by atoms with Crippen molar-refractivity contribution in [3.63, 3.8) is 0 Å². The summed E-state index contributed by atoms with van der Waals surface area (Å²) in [6, 6.07) is 13.7. The Kier molecular flexibility index (Phi) is 6.72. The lowest BCUT2D eigenvalue weighted by molar-refractivity contribution is -0.120. The Morgan fingerprint density at radius 3 is 2.67 bits per heavy atom. The van der Waals surface area contributed by atoms with Gasteiger partial charge in [-0.05, 0) is 17.7 Å². The first-order chi connectivity index (χ1) is 14.6. The molecule has 158 valence electrons. The minimum Gasteiger partial charge on any atom is -0.493 e. The molecular weight excluding hydrogens is 420 g/mol. The maximum atomic E-state index is 12.1. The number of piperazine rings is 1. The third-order valence-corrected chi connectivity index (χ3v) is 6.64. The van der Waals surface area contributed by atoms with Crippen molar-refractivity contribution in [1.29, 1.82) is 0 Å². The quantitative estimate of drug-likeness (QED) is 0.605. The highest BCUT2D eigenvalue weighted by Gasteiger charge is 2.21. The Balaban J connectivity index is 1.25. The molecule has 4 rings (SSSR count). The molecule has 1 N–H and O–H groups in total. The van der Waals surface area contributed by atoms with Crippen LogP contribution in [-0.4, -0.2) is 62.2 Å². The van der Waals surface area contributed by atoms with Crippen LogP contribution in [0.1, 0.15) is 5.56 Å².